The SMILES string of the molecule is COCCN1CC2(CCCN(C(=O)c3cn(C)c4ccccc34)C2)CCC1=O. The Labute approximate surface area is 166 Å². The highest BCUT2D eigenvalue weighted by Gasteiger charge is 2.42. The number of para-hydroxylation sites is 1. The number of carbonyl (C=O) groups excluding carboxylic acids is 2. The number of methoxy groups -OCH3 is 1. The molecule has 1 aromatic carbocycles. The van der Waals surface area contributed by atoms with Gasteiger partial charge >= 0.3 is 0 Å². The van der Waals surface area contributed by atoms with Gasteiger partial charge in [0.25, 0.3) is 5.91 Å². The molecule has 1 spiro atoms. The number of amides is 2. The quantitative estimate of drug-likeness (QED) is 0.816. The number of rotatable bonds is 4. The van der Waals surface area contributed by atoms with Gasteiger partial charge in [-0.05, 0) is 25.3 Å². The van der Waals surface area contributed by atoms with Gasteiger partial charge in [-0.2, -0.15) is 0 Å². The molecule has 6 nitrogen and oxygen atoms in total. The second kappa shape index (κ2) is 7.59. The second-order valence-electron chi connectivity index (χ2n) is 8.31. The van der Waals surface area contributed by atoms with Crippen LogP contribution >= 0.6 is 0 Å². The van der Waals surface area contributed by atoms with Crippen molar-refractivity contribution in [3.05, 3.63) is 36.0 Å². The van der Waals surface area contributed by atoms with E-state index >= 15 is 0 Å². The average Bonchev–Trinajstić information content (AvgIpc) is 3.05. The summed E-state index contributed by atoms with van der Waals surface area (Å²) in [7, 11) is 3.65. The third-order valence-electron chi connectivity index (χ3n) is 6.39. The highest BCUT2D eigenvalue weighted by atomic mass is 16.5. The van der Waals surface area contributed by atoms with Crippen LogP contribution < -0.4 is 0 Å². The van der Waals surface area contributed by atoms with Crippen LogP contribution in [0, 0.1) is 5.41 Å². The number of likely N-dealkylation sites (tertiary alicyclic amines) is 2. The second-order valence-corrected chi connectivity index (χ2v) is 8.31. The predicted molar refractivity (Wildman–Crippen MR) is 108 cm³/mol. The van der Waals surface area contributed by atoms with Gasteiger partial charge in [0, 0.05) is 69.3 Å². The van der Waals surface area contributed by atoms with E-state index < -0.39 is 0 Å². The van der Waals surface area contributed by atoms with E-state index in [0.717, 1.165) is 55.4 Å². The van der Waals surface area contributed by atoms with E-state index in [4.69, 9.17) is 4.74 Å². The minimum absolute atomic E-state index is 0.0140. The molecule has 2 amide bonds. The van der Waals surface area contributed by atoms with Crippen molar-refractivity contribution in [1.29, 1.82) is 0 Å². The highest BCUT2D eigenvalue weighted by Crippen LogP contribution is 2.39. The van der Waals surface area contributed by atoms with Gasteiger partial charge in [0.2, 0.25) is 5.91 Å². The summed E-state index contributed by atoms with van der Waals surface area (Å²) in [5.41, 5.74) is 1.87. The van der Waals surface area contributed by atoms with Crippen LogP contribution in [-0.4, -0.2) is 66.1 Å². The van der Waals surface area contributed by atoms with E-state index in [1.165, 1.54) is 0 Å². The van der Waals surface area contributed by atoms with Gasteiger partial charge in [-0.1, -0.05) is 18.2 Å². The molecule has 1 aromatic heterocycles. The first-order valence-electron chi connectivity index (χ1n) is 10.1. The van der Waals surface area contributed by atoms with E-state index in [2.05, 4.69) is 0 Å². The molecule has 2 aromatic rings. The molecule has 0 aliphatic carbocycles. The van der Waals surface area contributed by atoms with Gasteiger partial charge in [0.15, 0.2) is 0 Å². The summed E-state index contributed by atoms with van der Waals surface area (Å²) in [4.78, 5) is 29.6. The number of aromatic nitrogens is 1. The molecule has 2 fully saturated rings. The Morgan fingerprint density at radius 1 is 1.21 bits per heavy atom. The molecule has 0 saturated carbocycles. The number of hydrogen-bond donors (Lipinski definition) is 0. The molecule has 0 radical (unpaired) electrons. The first-order valence-corrected chi connectivity index (χ1v) is 10.1. The summed E-state index contributed by atoms with van der Waals surface area (Å²) in [6, 6.07) is 8.05. The molecule has 4 rings (SSSR count). The molecule has 150 valence electrons. The number of carbonyl (C=O) groups is 2. The van der Waals surface area contributed by atoms with Crippen molar-refractivity contribution in [2.75, 3.05) is 39.9 Å². The molecule has 0 N–H and O–H groups in total. The van der Waals surface area contributed by atoms with Crippen molar-refractivity contribution >= 4 is 22.7 Å². The van der Waals surface area contributed by atoms with Gasteiger partial charge in [0.05, 0.1) is 12.2 Å². The standard InChI is InChI=1S/C22H29N3O3/c1-23-14-18(17-6-3-4-7-19(17)23)21(27)25-11-5-9-22(16-25)10-8-20(26)24(15-22)12-13-28-2/h3-4,6-7,14H,5,8-13,15-16H2,1-2H3. The third kappa shape index (κ3) is 3.41. The Kier molecular flexibility index (Phi) is 5.15. The maximum atomic E-state index is 13.4. The molecule has 2 aliphatic heterocycles. The molecule has 3 heterocycles. The van der Waals surface area contributed by atoms with Crippen molar-refractivity contribution < 1.29 is 14.3 Å². The van der Waals surface area contributed by atoms with Gasteiger partial charge in [-0.15, -0.1) is 0 Å². The van der Waals surface area contributed by atoms with Crippen molar-refractivity contribution in [1.82, 2.24) is 14.4 Å². The minimum atomic E-state index is 0.0140. The summed E-state index contributed by atoms with van der Waals surface area (Å²) < 4.78 is 7.19. The number of fused-ring (bicyclic) bond motifs is 1. The zero-order valence-corrected chi connectivity index (χ0v) is 16.8. The Morgan fingerprint density at radius 2 is 2.04 bits per heavy atom. The lowest BCUT2D eigenvalue weighted by Gasteiger charge is -2.48. The fourth-order valence-corrected chi connectivity index (χ4v) is 4.90. The summed E-state index contributed by atoms with van der Waals surface area (Å²) in [6.45, 7) is 3.44. The minimum Gasteiger partial charge on any atom is -0.383 e. The van der Waals surface area contributed by atoms with Gasteiger partial charge in [0.1, 0.15) is 0 Å². The zero-order chi connectivity index (χ0) is 19.7. The third-order valence-corrected chi connectivity index (χ3v) is 6.39. The lowest BCUT2D eigenvalue weighted by Crippen LogP contribution is -2.55. The first-order chi connectivity index (χ1) is 13.5. The molecule has 0 bridgehead atoms. The number of benzene rings is 1. The van der Waals surface area contributed by atoms with Crippen LogP contribution in [0.5, 0.6) is 0 Å². The molecule has 6 heteroatoms. The van der Waals surface area contributed by atoms with Gasteiger partial charge in [-0.3, -0.25) is 9.59 Å². The summed E-state index contributed by atoms with van der Waals surface area (Å²) in [6.07, 6.45) is 5.45. The Hall–Kier alpha value is -2.34. The fourth-order valence-electron chi connectivity index (χ4n) is 4.90. The van der Waals surface area contributed by atoms with Crippen molar-refractivity contribution in [3.63, 3.8) is 0 Å². The van der Waals surface area contributed by atoms with E-state index in [9.17, 15) is 9.59 Å². The molecule has 1 atom stereocenters. The Bertz CT molecular complexity index is 890. The monoisotopic (exact) mass is 383 g/mol. The van der Waals surface area contributed by atoms with Crippen molar-refractivity contribution in [2.45, 2.75) is 25.7 Å². The van der Waals surface area contributed by atoms with Crippen LogP contribution in [0.25, 0.3) is 10.9 Å². The summed E-state index contributed by atoms with van der Waals surface area (Å²) >= 11 is 0. The van der Waals surface area contributed by atoms with E-state index in [0.29, 0.717) is 19.6 Å². The van der Waals surface area contributed by atoms with Crippen LogP contribution in [-0.2, 0) is 16.6 Å². The molecular formula is C22H29N3O3. The average molecular weight is 383 g/mol. The number of ether oxygens (including phenoxy) is 1. The van der Waals surface area contributed by atoms with Crippen LogP contribution in [0.4, 0.5) is 0 Å². The van der Waals surface area contributed by atoms with Gasteiger partial charge < -0.3 is 19.1 Å². The number of hydrogen-bond acceptors (Lipinski definition) is 3. The van der Waals surface area contributed by atoms with Crippen LogP contribution in [0.2, 0.25) is 0 Å². The molecule has 2 aliphatic rings. The smallest absolute Gasteiger partial charge is 0.256 e. The maximum absolute atomic E-state index is 13.4. The van der Waals surface area contributed by atoms with Crippen molar-refractivity contribution in [3.8, 4) is 0 Å². The van der Waals surface area contributed by atoms with E-state index in [-0.39, 0.29) is 17.2 Å². The lowest BCUT2D eigenvalue weighted by molar-refractivity contribution is -0.139. The molecule has 1 unspecified atom stereocenters. The lowest BCUT2D eigenvalue weighted by atomic mass is 9.73. The number of piperidine rings is 2. The van der Waals surface area contributed by atoms with Gasteiger partial charge in [-0.25, -0.2) is 0 Å². The molecule has 2 saturated heterocycles. The fraction of sp³-hybridized carbons (Fsp3) is 0.545. The molecule has 28 heavy (non-hydrogen) atoms. The maximum Gasteiger partial charge on any atom is 0.256 e. The predicted octanol–water partition coefficient (Wildman–Crippen LogP) is 2.67. The number of aryl methyl sites for hydroxylation is 1. The van der Waals surface area contributed by atoms with Crippen LogP contribution in [0.3, 0.4) is 0 Å². The first kappa shape index (κ1) is 19.0. The van der Waals surface area contributed by atoms with E-state index in [1.807, 2.05) is 51.9 Å². The number of nitrogens with zero attached hydrogens (tertiary/aromatic N) is 3. The molecular weight excluding hydrogens is 354 g/mol. The normalized spacial score (nSPS) is 23.0. The summed E-state index contributed by atoms with van der Waals surface area (Å²) in [5, 5.41) is 1.01. The highest BCUT2D eigenvalue weighted by molar-refractivity contribution is 6.07. The van der Waals surface area contributed by atoms with E-state index in [1.54, 1.807) is 7.11 Å². The van der Waals surface area contributed by atoms with Crippen LogP contribution in [0.1, 0.15) is 36.0 Å². The van der Waals surface area contributed by atoms with Crippen LogP contribution in [0.15, 0.2) is 30.5 Å². The largest absolute Gasteiger partial charge is 0.383 e. The summed E-state index contributed by atoms with van der Waals surface area (Å²) in [5.74, 6) is 0.316. The Morgan fingerprint density at radius 3 is 2.86 bits per heavy atom. The topological polar surface area (TPSA) is 54.8 Å². The zero-order valence-electron chi connectivity index (χ0n) is 16.8. The van der Waals surface area contributed by atoms with Crippen molar-refractivity contribution in [2.24, 2.45) is 12.5 Å². The Balaban J connectivity index is 1.55.